The van der Waals surface area contributed by atoms with Crippen LogP contribution >= 0.6 is 0 Å². The van der Waals surface area contributed by atoms with Gasteiger partial charge in [0.25, 0.3) is 6.43 Å². The van der Waals surface area contributed by atoms with Crippen LogP contribution in [0.1, 0.15) is 75.2 Å². The number of piperidine rings is 2. The van der Waals surface area contributed by atoms with Gasteiger partial charge >= 0.3 is 6.09 Å². The number of amides is 1. The zero-order chi connectivity index (χ0) is 19.8. The average molecular weight is 379 g/mol. The van der Waals surface area contributed by atoms with Crippen molar-refractivity contribution in [3.63, 3.8) is 0 Å². The molecule has 2 unspecified atom stereocenters. The first kappa shape index (κ1) is 19.8. The van der Waals surface area contributed by atoms with E-state index in [4.69, 9.17) is 4.74 Å². The lowest BCUT2D eigenvalue weighted by molar-refractivity contribution is -0.0261. The van der Waals surface area contributed by atoms with Gasteiger partial charge in [0.1, 0.15) is 5.60 Å². The van der Waals surface area contributed by atoms with Crippen molar-refractivity contribution in [2.24, 2.45) is 5.92 Å². The fourth-order valence-electron chi connectivity index (χ4n) is 4.34. The van der Waals surface area contributed by atoms with Gasteiger partial charge in [-0.25, -0.2) is 13.6 Å². The van der Waals surface area contributed by atoms with Gasteiger partial charge in [-0.2, -0.15) is 0 Å². The van der Waals surface area contributed by atoms with E-state index in [0.717, 1.165) is 19.3 Å². The summed E-state index contributed by atoms with van der Waals surface area (Å²) < 4.78 is 32.1. The molecule has 2 fully saturated rings. The molecule has 2 atom stereocenters. The highest BCUT2D eigenvalue weighted by Gasteiger charge is 2.44. The molecular formula is C21H27F2NO3. The quantitative estimate of drug-likeness (QED) is 0.663. The number of ether oxygens (including phenoxy) is 1. The maximum absolute atomic E-state index is 13.3. The molecule has 148 valence electrons. The van der Waals surface area contributed by atoms with Crippen LogP contribution in [0.4, 0.5) is 13.6 Å². The number of Topliss-reactive ketones (excluding diaryl/α,β-unsaturated/α-hetero) is 1. The van der Waals surface area contributed by atoms with E-state index in [0.29, 0.717) is 12.8 Å². The molecule has 0 aromatic heterocycles. The summed E-state index contributed by atoms with van der Waals surface area (Å²) in [5.41, 5.74) is -0.669. The van der Waals surface area contributed by atoms with Crippen molar-refractivity contribution in [1.82, 2.24) is 4.90 Å². The zero-order valence-electron chi connectivity index (χ0n) is 16.1. The molecule has 6 heteroatoms. The van der Waals surface area contributed by atoms with Crippen molar-refractivity contribution < 1.29 is 23.1 Å². The Bertz CT molecular complexity index is 700. The summed E-state index contributed by atoms with van der Waals surface area (Å²) >= 11 is 0. The topological polar surface area (TPSA) is 46.6 Å². The van der Waals surface area contributed by atoms with Crippen molar-refractivity contribution in [2.75, 3.05) is 0 Å². The Kier molecular flexibility index (Phi) is 5.54. The van der Waals surface area contributed by atoms with Gasteiger partial charge in [0.15, 0.2) is 5.78 Å². The maximum atomic E-state index is 13.3. The first-order chi connectivity index (χ1) is 12.7. The largest absolute Gasteiger partial charge is 0.444 e. The van der Waals surface area contributed by atoms with Gasteiger partial charge in [-0.05, 0) is 52.9 Å². The molecule has 1 aromatic rings. The maximum Gasteiger partial charge on any atom is 0.410 e. The van der Waals surface area contributed by atoms with Crippen LogP contribution in [0.3, 0.4) is 0 Å². The van der Waals surface area contributed by atoms with E-state index in [9.17, 15) is 18.4 Å². The molecule has 2 heterocycles. The number of alkyl halides is 2. The summed E-state index contributed by atoms with van der Waals surface area (Å²) in [7, 11) is 0. The van der Waals surface area contributed by atoms with Crippen molar-refractivity contribution in [1.29, 1.82) is 0 Å². The number of hydrogen-bond acceptors (Lipinski definition) is 3. The van der Waals surface area contributed by atoms with E-state index in [1.54, 1.807) is 11.0 Å². The summed E-state index contributed by atoms with van der Waals surface area (Å²) in [5.74, 6) is -0.564. The van der Waals surface area contributed by atoms with E-state index in [1.165, 1.54) is 18.2 Å². The Morgan fingerprint density at radius 1 is 1.11 bits per heavy atom. The standard InChI is InChI=1S/C21H27F2NO3/c1-21(2,3)27-20(26)24-14-7-6-8-15(24)12-13(11-14)18(25)16-9-4-5-10-17(16)19(22)23/h4-5,9-10,13-15,19H,6-8,11-12H2,1-3H3. The molecule has 27 heavy (non-hydrogen) atoms. The van der Waals surface area contributed by atoms with Gasteiger partial charge < -0.3 is 9.64 Å². The smallest absolute Gasteiger partial charge is 0.410 e. The minimum absolute atomic E-state index is 0.0694. The molecule has 0 radical (unpaired) electrons. The fourth-order valence-corrected chi connectivity index (χ4v) is 4.34. The number of halogens is 2. The number of rotatable bonds is 3. The van der Waals surface area contributed by atoms with E-state index in [1.807, 2.05) is 20.8 Å². The number of hydrogen-bond donors (Lipinski definition) is 0. The molecule has 0 aliphatic carbocycles. The molecule has 1 aromatic carbocycles. The van der Waals surface area contributed by atoms with Crippen LogP contribution in [0.25, 0.3) is 0 Å². The summed E-state index contributed by atoms with van der Waals surface area (Å²) in [6, 6.07) is 5.81. The Balaban J connectivity index is 1.79. The Hall–Kier alpha value is -1.98. The number of benzene rings is 1. The van der Waals surface area contributed by atoms with Crippen LogP contribution in [-0.2, 0) is 4.74 Å². The molecule has 0 saturated carbocycles. The van der Waals surface area contributed by atoms with Gasteiger partial charge in [-0.1, -0.05) is 24.3 Å². The molecule has 1 amide bonds. The number of fused-ring (bicyclic) bond motifs is 2. The van der Waals surface area contributed by atoms with Crippen LogP contribution in [0.5, 0.6) is 0 Å². The summed E-state index contributed by atoms with van der Waals surface area (Å²) in [6.45, 7) is 5.49. The highest BCUT2D eigenvalue weighted by Crippen LogP contribution is 2.40. The molecular weight excluding hydrogens is 352 g/mol. The second kappa shape index (κ2) is 7.56. The van der Waals surface area contributed by atoms with Crippen LogP contribution < -0.4 is 0 Å². The van der Waals surface area contributed by atoms with Crippen molar-refractivity contribution in [3.05, 3.63) is 35.4 Å². The van der Waals surface area contributed by atoms with E-state index >= 15 is 0 Å². The Labute approximate surface area is 158 Å². The van der Waals surface area contributed by atoms with Crippen LogP contribution in [0, 0.1) is 5.92 Å². The second-order valence-corrected chi connectivity index (χ2v) is 8.55. The van der Waals surface area contributed by atoms with E-state index in [-0.39, 0.29) is 41.0 Å². The SMILES string of the molecule is CC(C)(C)OC(=O)N1C2CCCC1CC(C(=O)c1ccccc1C(F)F)C2. The highest BCUT2D eigenvalue weighted by molar-refractivity contribution is 5.99. The molecule has 2 aliphatic heterocycles. The van der Waals surface area contributed by atoms with E-state index < -0.39 is 12.0 Å². The lowest BCUT2D eigenvalue weighted by atomic mass is 9.75. The number of nitrogens with zero attached hydrogens (tertiary/aromatic N) is 1. The van der Waals surface area contributed by atoms with Crippen molar-refractivity contribution in [3.8, 4) is 0 Å². The van der Waals surface area contributed by atoms with Crippen molar-refractivity contribution >= 4 is 11.9 Å². The third kappa shape index (κ3) is 4.30. The first-order valence-corrected chi connectivity index (χ1v) is 9.60. The summed E-state index contributed by atoms with van der Waals surface area (Å²) in [4.78, 5) is 27.4. The van der Waals surface area contributed by atoms with Crippen molar-refractivity contribution in [2.45, 2.75) is 77.0 Å². The monoisotopic (exact) mass is 379 g/mol. The van der Waals surface area contributed by atoms with Gasteiger partial charge in [0.2, 0.25) is 0 Å². The number of carbonyl (C=O) groups excluding carboxylic acids is 2. The van der Waals surface area contributed by atoms with Gasteiger partial charge in [-0.15, -0.1) is 0 Å². The molecule has 0 spiro atoms. The fraction of sp³-hybridized carbons (Fsp3) is 0.619. The van der Waals surface area contributed by atoms with Gasteiger partial charge in [0.05, 0.1) is 0 Å². The molecule has 0 N–H and O–H groups in total. The predicted octanol–water partition coefficient (Wildman–Crippen LogP) is 5.38. The van der Waals surface area contributed by atoms with Gasteiger partial charge in [-0.3, -0.25) is 4.79 Å². The zero-order valence-corrected chi connectivity index (χ0v) is 16.1. The Morgan fingerprint density at radius 3 is 2.26 bits per heavy atom. The second-order valence-electron chi connectivity index (χ2n) is 8.55. The molecule has 4 nitrogen and oxygen atoms in total. The Morgan fingerprint density at radius 2 is 1.70 bits per heavy atom. The molecule has 3 rings (SSSR count). The van der Waals surface area contributed by atoms with Crippen LogP contribution in [0.15, 0.2) is 24.3 Å². The summed E-state index contributed by atoms with van der Waals surface area (Å²) in [6.07, 6.45) is 0.635. The third-order valence-corrected chi connectivity index (χ3v) is 5.41. The molecule has 2 bridgehead atoms. The van der Waals surface area contributed by atoms with Crippen LogP contribution in [-0.4, -0.2) is 34.5 Å². The highest BCUT2D eigenvalue weighted by atomic mass is 19.3. The predicted molar refractivity (Wildman–Crippen MR) is 98.0 cm³/mol. The molecule has 2 saturated heterocycles. The lowest BCUT2D eigenvalue weighted by Gasteiger charge is -2.48. The normalized spacial score (nSPS) is 25.4. The van der Waals surface area contributed by atoms with E-state index in [2.05, 4.69) is 0 Å². The van der Waals surface area contributed by atoms with Crippen LogP contribution in [0.2, 0.25) is 0 Å². The lowest BCUT2D eigenvalue weighted by Crippen LogP contribution is -2.56. The average Bonchev–Trinajstić information content (AvgIpc) is 2.58. The minimum atomic E-state index is -2.67. The summed E-state index contributed by atoms with van der Waals surface area (Å²) in [5, 5.41) is 0. The number of ketones is 1. The number of carbonyl (C=O) groups is 2. The molecule has 2 aliphatic rings. The third-order valence-electron chi connectivity index (χ3n) is 5.41. The minimum Gasteiger partial charge on any atom is -0.444 e. The first-order valence-electron chi connectivity index (χ1n) is 9.60. The van der Waals surface area contributed by atoms with Gasteiger partial charge in [0, 0.05) is 29.1 Å².